The summed E-state index contributed by atoms with van der Waals surface area (Å²) < 4.78 is 5.39. The molecule has 0 aliphatic heterocycles. The lowest BCUT2D eigenvalue weighted by Crippen LogP contribution is -1.93. The summed E-state index contributed by atoms with van der Waals surface area (Å²) in [5.74, 6) is 1.69. The standard InChI is InChI=1S/C17H20N2O2/c1-12(2)4-6-14-15(20)10-13(11-16(14)21-3)5-7-17-18-8-9-19-17/h4-5,7-11,20H,6H2,1-3H3,(H,18,19)/b7-5-. The number of ether oxygens (including phenoxy) is 1. The molecule has 0 saturated carbocycles. The van der Waals surface area contributed by atoms with Crippen molar-refractivity contribution < 1.29 is 9.84 Å². The van der Waals surface area contributed by atoms with Gasteiger partial charge in [0.25, 0.3) is 0 Å². The van der Waals surface area contributed by atoms with E-state index in [1.807, 2.05) is 32.1 Å². The molecule has 1 heterocycles. The van der Waals surface area contributed by atoms with Crippen molar-refractivity contribution in [3.05, 3.63) is 53.1 Å². The molecule has 2 N–H and O–H groups in total. The van der Waals surface area contributed by atoms with Gasteiger partial charge in [-0.1, -0.05) is 17.7 Å². The smallest absolute Gasteiger partial charge is 0.129 e. The van der Waals surface area contributed by atoms with E-state index in [-0.39, 0.29) is 5.75 Å². The quantitative estimate of drug-likeness (QED) is 0.821. The number of hydrogen-bond acceptors (Lipinski definition) is 3. The van der Waals surface area contributed by atoms with Gasteiger partial charge in [-0.15, -0.1) is 0 Å². The van der Waals surface area contributed by atoms with Crippen LogP contribution in [0.5, 0.6) is 11.5 Å². The molecule has 0 unspecified atom stereocenters. The number of nitrogens with zero attached hydrogens (tertiary/aromatic N) is 1. The van der Waals surface area contributed by atoms with Gasteiger partial charge >= 0.3 is 0 Å². The number of H-pyrrole nitrogens is 1. The Balaban J connectivity index is 2.29. The number of imidazole rings is 1. The molecule has 4 heteroatoms. The predicted octanol–water partition coefficient (Wildman–Crippen LogP) is 3.80. The largest absolute Gasteiger partial charge is 0.507 e. The van der Waals surface area contributed by atoms with E-state index in [1.165, 1.54) is 5.57 Å². The van der Waals surface area contributed by atoms with Crippen LogP contribution < -0.4 is 4.74 Å². The number of allylic oxidation sites excluding steroid dienone is 2. The maximum absolute atomic E-state index is 10.2. The fourth-order valence-electron chi connectivity index (χ4n) is 1.98. The molecule has 0 fully saturated rings. The normalized spacial score (nSPS) is 10.8. The van der Waals surface area contributed by atoms with E-state index < -0.39 is 0 Å². The van der Waals surface area contributed by atoms with Gasteiger partial charge in [0.1, 0.15) is 17.3 Å². The average molecular weight is 284 g/mol. The number of methoxy groups -OCH3 is 1. The molecule has 0 amide bonds. The molecule has 0 bridgehead atoms. The van der Waals surface area contributed by atoms with Crippen molar-refractivity contribution in [2.45, 2.75) is 20.3 Å². The van der Waals surface area contributed by atoms with Gasteiger partial charge in [0.05, 0.1) is 7.11 Å². The van der Waals surface area contributed by atoms with Crippen LogP contribution in [0, 0.1) is 0 Å². The lowest BCUT2D eigenvalue weighted by Gasteiger charge is -2.10. The summed E-state index contributed by atoms with van der Waals surface area (Å²) in [5, 5.41) is 10.2. The van der Waals surface area contributed by atoms with Gasteiger partial charge in [0, 0.05) is 18.0 Å². The Morgan fingerprint density at radius 1 is 1.33 bits per heavy atom. The molecule has 2 rings (SSSR count). The molecule has 0 radical (unpaired) electrons. The molecule has 0 saturated heterocycles. The van der Waals surface area contributed by atoms with Crippen molar-refractivity contribution in [1.82, 2.24) is 9.97 Å². The molecular weight excluding hydrogens is 264 g/mol. The van der Waals surface area contributed by atoms with Crippen LogP contribution in [0.15, 0.2) is 36.2 Å². The van der Waals surface area contributed by atoms with Gasteiger partial charge in [-0.2, -0.15) is 0 Å². The maximum atomic E-state index is 10.2. The Morgan fingerprint density at radius 3 is 2.76 bits per heavy atom. The van der Waals surface area contributed by atoms with Crippen LogP contribution in [0.4, 0.5) is 0 Å². The van der Waals surface area contributed by atoms with Crippen LogP contribution in [0.1, 0.15) is 30.8 Å². The Labute approximate surface area is 124 Å². The summed E-state index contributed by atoms with van der Waals surface area (Å²) in [4.78, 5) is 7.11. The number of benzene rings is 1. The minimum Gasteiger partial charge on any atom is -0.507 e. The van der Waals surface area contributed by atoms with Gasteiger partial charge in [-0.3, -0.25) is 0 Å². The average Bonchev–Trinajstić information content (AvgIpc) is 2.96. The van der Waals surface area contributed by atoms with Crippen molar-refractivity contribution in [1.29, 1.82) is 0 Å². The van der Waals surface area contributed by atoms with Crippen LogP contribution in [-0.2, 0) is 6.42 Å². The number of phenols is 1. The second kappa shape index (κ2) is 6.79. The third-order valence-electron chi connectivity index (χ3n) is 3.10. The molecule has 1 aromatic carbocycles. The van der Waals surface area contributed by atoms with E-state index in [0.29, 0.717) is 12.2 Å². The molecule has 2 aromatic rings. The van der Waals surface area contributed by atoms with E-state index in [2.05, 4.69) is 16.0 Å². The van der Waals surface area contributed by atoms with E-state index in [4.69, 9.17) is 4.74 Å². The summed E-state index contributed by atoms with van der Waals surface area (Å²) in [5.41, 5.74) is 2.87. The molecule has 0 spiro atoms. The van der Waals surface area contributed by atoms with E-state index in [1.54, 1.807) is 25.6 Å². The van der Waals surface area contributed by atoms with Gasteiger partial charge < -0.3 is 14.8 Å². The van der Waals surface area contributed by atoms with Crippen molar-refractivity contribution in [3.8, 4) is 11.5 Å². The number of aromatic hydroxyl groups is 1. The predicted molar refractivity (Wildman–Crippen MR) is 85.3 cm³/mol. The summed E-state index contributed by atoms with van der Waals surface area (Å²) in [7, 11) is 1.61. The van der Waals surface area contributed by atoms with Crippen LogP contribution in [0.2, 0.25) is 0 Å². The van der Waals surface area contributed by atoms with E-state index >= 15 is 0 Å². The zero-order chi connectivity index (χ0) is 15.2. The fourth-order valence-corrected chi connectivity index (χ4v) is 1.98. The molecule has 0 aliphatic carbocycles. The van der Waals surface area contributed by atoms with E-state index in [0.717, 1.165) is 17.0 Å². The molecular formula is C17H20N2O2. The number of aromatic amines is 1. The monoisotopic (exact) mass is 284 g/mol. The molecule has 1 aromatic heterocycles. The fraction of sp³-hybridized carbons (Fsp3) is 0.235. The maximum Gasteiger partial charge on any atom is 0.129 e. The number of rotatable bonds is 5. The first kappa shape index (κ1) is 14.9. The highest BCUT2D eigenvalue weighted by atomic mass is 16.5. The van der Waals surface area contributed by atoms with Crippen LogP contribution >= 0.6 is 0 Å². The molecule has 0 aliphatic rings. The highest BCUT2D eigenvalue weighted by Crippen LogP contribution is 2.31. The Bertz CT molecular complexity index is 652. The first-order chi connectivity index (χ1) is 10.1. The Hall–Kier alpha value is -2.49. The molecule has 110 valence electrons. The highest BCUT2D eigenvalue weighted by Gasteiger charge is 2.09. The van der Waals surface area contributed by atoms with Crippen molar-refractivity contribution in [2.75, 3.05) is 7.11 Å². The molecule has 21 heavy (non-hydrogen) atoms. The lowest BCUT2D eigenvalue weighted by atomic mass is 10.0. The third kappa shape index (κ3) is 3.99. The first-order valence-electron chi connectivity index (χ1n) is 6.81. The summed E-state index contributed by atoms with van der Waals surface area (Å²) in [6, 6.07) is 3.64. The Morgan fingerprint density at radius 2 is 2.14 bits per heavy atom. The van der Waals surface area contributed by atoms with Crippen molar-refractivity contribution in [3.63, 3.8) is 0 Å². The minimum absolute atomic E-state index is 0.242. The number of nitrogens with one attached hydrogen (secondary N) is 1. The van der Waals surface area contributed by atoms with Crippen molar-refractivity contribution >= 4 is 12.2 Å². The third-order valence-corrected chi connectivity index (χ3v) is 3.10. The SMILES string of the molecule is COc1cc(/C=C\c2ncc[nH]2)cc(O)c1CC=C(C)C. The van der Waals surface area contributed by atoms with Crippen molar-refractivity contribution in [2.24, 2.45) is 0 Å². The van der Waals surface area contributed by atoms with Gasteiger partial charge in [-0.05, 0) is 44.0 Å². The second-order valence-corrected chi connectivity index (χ2v) is 5.01. The van der Waals surface area contributed by atoms with E-state index in [9.17, 15) is 5.11 Å². The summed E-state index contributed by atoms with van der Waals surface area (Å²) in [6.07, 6.45) is 9.91. The van der Waals surface area contributed by atoms with Crippen LogP contribution in [-0.4, -0.2) is 22.2 Å². The second-order valence-electron chi connectivity index (χ2n) is 5.01. The van der Waals surface area contributed by atoms with Gasteiger partial charge in [-0.25, -0.2) is 4.98 Å². The number of aromatic nitrogens is 2. The topological polar surface area (TPSA) is 58.1 Å². The summed E-state index contributed by atoms with van der Waals surface area (Å²) in [6.45, 7) is 4.06. The first-order valence-corrected chi connectivity index (χ1v) is 6.81. The Kier molecular flexibility index (Phi) is 4.82. The van der Waals surface area contributed by atoms with Crippen LogP contribution in [0.25, 0.3) is 12.2 Å². The molecule has 4 nitrogen and oxygen atoms in total. The summed E-state index contributed by atoms with van der Waals surface area (Å²) >= 11 is 0. The van der Waals surface area contributed by atoms with Crippen LogP contribution in [0.3, 0.4) is 0 Å². The highest BCUT2D eigenvalue weighted by molar-refractivity contribution is 5.69. The number of phenolic OH excluding ortho intramolecular Hbond substituents is 1. The minimum atomic E-state index is 0.242. The zero-order valence-electron chi connectivity index (χ0n) is 12.6. The van der Waals surface area contributed by atoms with Gasteiger partial charge in [0.15, 0.2) is 0 Å². The number of hydrogen-bond donors (Lipinski definition) is 2. The van der Waals surface area contributed by atoms with Gasteiger partial charge in [0.2, 0.25) is 0 Å². The lowest BCUT2D eigenvalue weighted by molar-refractivity contribution is 0.401. The molecule has 0 atom stereocenters. The zero-order valence-corrected chi connectivity index (χ0v) is 12.6.